The molecule has 1 unspecified atom stereocenters. The second-order valence-corrected chi connectivity index (χ2v) is 7.41. The molecule has 1 aromatic rings. The molecule has 114 valence electrons. The van der Waals surface area contributed by atoms with Crippen LogP contribution in [-0.2, 0) is 0 Å². The Kier molecular flexibility index (Phi) is 5.44. The number of nitrogens with one attached hydrogen (secondary N) is 1. The van der Waals surface area contributed by atoms with Crippen LogP contribution in [0.15, 0.2) is 0 Å². The number of hydrogen-bond acceptors (Lipinski definition) is 4. The fourth-order valence-electron chi connectivity index (χ4n) is 2.53. The van der Waals surface area contributed by atoms with Crippen LogP contribution >= 0.6 is 11.3 Å². The minimum atomic E-state index is 0.418. The normalized spacial score (nSPS) is 16.7. The lowest BCUT2D eigenvalue weighted by Crippen LogP contribution is -2.29. The molecule has 2 rings (SSSR count). The van der Waals surface area contributed by atoms with E-state index in [2.05, 4.69) is 44.8 Å². The van der Waals surface area contributed by atoms with Crippen molar-refractivity contribution in [1.29, 1.82) is 0 Å². The Hall–Kier alpha value is -0.610. The largest absolute Gasteiger partial charge is 0.345 e. The first-order chi connectivity index (χ1) is 9.52. The maximum Gasteiger partial charge on any atom is 0.186 e. The van der Waals surface area contributed by atoms with Gasteiger partial charge in [-0.25, -0.2) is 4.98 Å². The molecule has 0 aliphatic heterocycles. The smallest absolute Gasteiger partial charge is 0.186 e. The zero-order valence-corrected chi connectivity index (χ0v) is 14.4. The summed E-state index contributed by atoms with van der Waals surface area (Å²) in [6, 6.07) is 1.16. The van der Waals surface area contributed by atoms with Crippen molar-refractivity contribution >= 4 is 16.5 Å². The van der Waals surface area contributed by atoms with Gasteiger partial charge >= 0.3 is 0 Å². The summed E-state index contributed by atoms with van der Waals surface area (Å²) in [7, 11) is 0. The third-order valence-electron chi connectivity index (χ3n) is 3.71. The summed E-state index contributed by atoms with van der Waals surface area (Å²) in [6.07, 6.45) is 3.85. The van der Waals surface area contributed by atoms with Gasteiger partial charge < -0.3 is 10.2 Å². The average Bonchev–Trinajstić information content (AvgIpc) is 3.16. The van der Waals surface area contributed by atoms with Crippen LogP contribution in [0, 0.1) is 12.8 Å². The summed E-state index contributed by atoms with van der Waals surface area (Å²) in [5.74, 6) is 0.693. The highest BCUT2D eigenvalue weighted by Crippen LogP contribution is 2.37. The van der Waals surface area contributed by atoms with E-state index in [0.29, 0.717) is 12.0 Å². The molecule has 20 heavy (non-hydrogen) atoms. The van der Waals surface area contributed by atoms with Gasteiger partial charge in [0, 0.05) is 23.5 Å². The number of thiazole rings is 1. The van der Waals surface area contributed by atoms with E-state index in [1.54, 1.807) is 0 Å². The van der Waals surface area contributed by atoms with Gasteiger partial charge in [-0.15, -0.1) is 11.3 Å². The minimum absolute atomic E-state index is 0.418. The monoisotopic (exact) mass is 295 g/mol. The molecular formula is C16H29N3S. The van der Waals surface area contributed by atoms with Crippen LogP contribution in [0.2, 0.25) is 0 Å². The molecule has 1 N–H and O–H groups in total. The van der Waals surface area contributed by atoms with Crippen molar-refractivity contribution in [1.82, 2.24) is 10.3 Å². The van der Waals surface area contributed by atoms with Crippen LogP contribution in [0.5, 0.6) is 0 Å². The Balaban J connectivity index is 2.11. The second kappa shape index (κ2) is 6.90. The molecule has 1 aliphatic carbocycles. The highest BCUT2D eigenvalue weighted by molar-refractivity contribution is 7.15. The Morgan fingerprint density at radius 3 is 2.60 bits per heavy atom. The van der Waals surface area contributed by atoms with Crippen molar-refractivity contribution in [3.63, 3.8) is 0 Å². The van der Waals surface area contributed by atoms with E-state index in [0.717, 1.165) is 19.1 Å². The van der Waals surface area contributed by atoms with Gasteiger partial charge in [-0.1, -0.05) is 20.8 Å². The topological polar surface area (TPSA) is 28.2 Å². The maximum atomic E-state index is 4.86. The SMILES string of the molecule is CCCNC(C)c1sc(N(CC(C)C)C2CC2)nc1C. The quantitative estimate of drug-likeness (QED) is 0.781. The summed E-state index contributed by atoms with van der Waals surface area (Å²) in [5, 5.41) is 4.81. The standard InChI is InChI=1S/C16H29N3S/c1-6-9-17-12(4)15-13(5)18-16(20-15)19(10-11(2)3)14-7-8-14/h11-12,14,17H,6-10H2,1-5H3. The van der Waals surface area contributed by atoms with Crippen molar-refractivity contribution in [3.8, 4) is 0 Å². The van der Waals surface area contributed by atoms with Crippen molar-refractivity contribution in [2.75, 3.05) is 18.0 Å². The molecule has 0 aromatic carbocycles. The third-order valence-corrected chi connectivity index (χ3v) is 5.09. The highest BCUT2D eigenvalue weighted by atomic mass is 32.1. The Morgan fingerprint density at radius 1 is 1.35 bits per heavy atom. The van der Waals surface area contributed by atoms with Crippen molar-refractivity contribution in [2.45, 2.75) is 66.0 Å². The summed E-state index contributed by atoms with van der Waals surface area (Å²) >= 11 is 1.89. The van der Waals surface area contributed by atoms with E-state index in [-0.39, 0.29) is 0 Å². The van der Waals surface area contributed by atoms with Crippen molar-refractivity contribution < 1.29 is 0 Å². The van der Waals surface area contributed by atoms with Crippen LogP contribution < -0.4 is 10.2 Å². The highest BCUT2D eigenvalue weighted by Gasteiger charge is 2.32. The zero-order chi connectivity index (χ0) is 14.7. The van der Waals surface area contributed by atoms with E-state index >= 15 is 0 Å². The molecule has 4 heteroatoms. The maximum absolute atomic E-state index is 4.86. The Morgan fingerprint density at radius 2 is 2.05 bits per heavy atom. The van der Waals surface area contributed by atoms with Crippen LogP contribution in [0.25, 0.3) is 0 Å². The molecule has 0 amide bonds. The molecule has 1 fully saturated rings. The summed E-state index contributed by atoms with van der Waals surface area (Å²) < 4.78 is 0. The molecule has 1 heterocycles. The number of aryl methyl sites for hydroxylation is 1. The fourth-order valence-corrected chi connectivity index (χ4v) is 3.71. The van der Waals surface area contributed by atoms with Gasteiger partial charge in [0.1, 0.15) is 0 Å². The zero-order valence-electron chi connectivity index (χ0n) is 13.6. The molecule has 3 nitrogen and oxygen atoms in total. The van der Waals surface area contributed by atoms with Gasteiger partial charge in [0.05, 0.1) is 5.69 Å². The fraction of sp³-hybridized carbons (Fsp3) is 0.812. The molecule has 1 saturated carbocycles. The van der Waals surface area contributed by atoms with Gasteiger partial charge in [0.2, 0.25) is 0 Å². The number of nitrogens with zero attached hydrogens (tertiary/aromatic N) is 2. The predicted octanol–water partition coefficient (Wildman–Crippen LogP) is 4.14. The first-order valence-electron chi connectivity index (χ1n) is 8.00. The van der Waals surface area contributed by atoms with Gasteiger partial charge in [-0.05, 0) is 45.6 Å². The summed E-state index contributed by atoms with van der Waals surface area (Å²) in [4.78, 5) is 8.80. The van der Waals surface area contributed by atoms with Crippen molar-refractivity contribution in [2.24, 2.45) is 5.92 Å². The Labute approximate surface area is 127 Å². The molecule has 1 aromatic heterocycles. The van der Waals surface area contributed by atoms with Crippen LogP contribution in [0.1, 0.15) is 63.6 Å². The van der Waals surface area contributed by atoms with Gasteiger partial charge in [-0.3, -0.25) is 0 Å². The van der Waals surface area contributed by atoms with Gasteiger partial charge in [-0.2, -0.15) is 0 Å². The predicted molar refractivity (Wildman–Crippen MR) is 88.8 cm³/mol. The molecule has 0 bridgehead atoms. The Bertz CT molecular complexity index is 423. The lowest BCUT2D eigenvalue weighted by molar-refractivity contribution is 0.575. The minimum Gasteiger partial charge on any atom is -0.345 e. The molecule has 1 atom stereocenters. The van der Waals surface area contributed by atoms with E-state index in [1.165, 1.54) is 35.0 Å². The van der Waals surface area contributed by atoms with E-state index < -0.39 is 0 Å². The number of hydrogen-bond donors (Lipinski definition) is 1. The van der Waals surface area contributed by atoms with Gasteiger partial charge in [0.25, 0.3) is 0 Å². The molecule has 1 aliphatic rings. The molecule has 0 radical (unpaired) electrons. The van der Waals surface area contributed by atoms with E-state index in [4.69, 9.17) is 4.98 Å². The van der Waals surface area contributed by atoms with Crippen LogP contribution in [0.3, 0.4) is 0 Å². The number of rotatable bonds is 8. The number of aromatic nitrogens is 1. The summed E-state index contributed by atoms with van der Waals surface area (Å²) in [6.45, 7) is 13.4. The number of anilines is 1. The summed E-state index contributed by atoms with van der Waals surface area (Å²) in [5.41, 5.74) is 1.20. The van der Waals surface area contributed by atoms with Crippen LogP contribution in [0.4, 0.5) is 5.13 Å². The van der Waals surface area contributed by atoms with E-state index in [1.807, 2.05) is 11.3 Å². The van der Waals surface area contributed by atoms with Gasteiger partial charge in [0.15, 0.2) is 5.13 Å². The lowest BCUT2D eigenvalue weighted by atomic mass is 10.2. The van der Waals surface area contributed by atoms with E-state index in [9.17, 15) is 0 Å². The molecular weight excluding hydrogens is 266 g/mol. The first kappa shape index (κ1) is 15.8. The first-order valence-corrected chi connectivity index (χ1v) is 8.81. The third kappa shape index (κ3) is 3.95. The lowest BCUT2D eigenvalue weighted by Gasteiger charge is -2.23. The molecule has 0 spiro atoms. The average molecular weight is 295 g/mol. The second-order valence-electron chi connectivity index (χ2n) is 6.40. The van der Waals surface area contributed by atoms with Crippen molar-refractivity contribution in [3.05, 3.63) is 10.6 Å². The molecule has 0 saturated heterocycles. The van der Waals surface area contributed by atoms with Crippen LogP contribution in [-0.4, -0.2) is 24.1 Å².